The van der Waals surface area contributed by atoms with E-state index >= 15 is 0 Å². The van der Waals surface area contributed by atoms with Crippen LogP contribution in [-0.2, 0) is 13.1 Å². The maximum Gasteiger partial charge on any atom is 0.254 e. The van der Waals surface area contributed by atoms with Crippen LogP contribution >= 0.6 is 0 Å². The van der Waals surface area contributed by atoms with Gasteiger partial charge in [-0.1, -0.05) is 6.07 Å². The number of fused-ring (bicyclic) bond motifs is 1. The van der Waals surface area contributed by atoms with E-state index in [4.69, 9.17) is 5.73 Å². The number of nitrogen functional groups attached to an aromatic ring is 1. The van der Waals surface area contributed by atoms with E-state index in [-0.39, 0.29) is 5.91 Å². The molecule has 0 unspecified atom stereocenters. The van der Waals surface area contributed by atoms with Crippen molar-refractivity contribution in [3.63, 3.8) is 0 Å². The van der Waals surface area contributed by atoms with Gasteiger partial charge in [0.2, 0.25) is 0 Å². The van der Waals surface area contributed by atoms with E-state index in [1.54, 1.807) is 17.2 Å². The molecule has 1 aliphatic carbocycles. The van der Waals surface area contributed by atoms with Gasteiger partial charge in [-0.15, -0.1) is 0 Å². The summed E-state index contributed by atoms with van der Waals surface area (Å²) in [6, 6.07) is 13.4. The van der Waals surface area contributed by atoms with Crippen LogP contribution in [0.5, 0.6) is 0 Å². The van der Waals surface area contributed by atoms with Crippen molar-refractivity contribution in [3.8, 4) is 0 Å². The summed E-state index contributed by atoms with van der Waals surface area (Å²) in [6.07, 6.45) is 7.59. The van der Waals surface area contributed by atoms with Crippen LogP contribution in [-0.4, -0.2) is 30.7 Å². The Balaban J connectivity index is 1.45. The second kappa shape index (κ2) is 8.34. The van der Waals surface area contributed by atoms with Gasteiger partial charge in [0.1, 0.15) is 12.1 Å². The molecule has 1 amide bonds. The van der Waals surface area contributed by atoms with Gasteiger partial charge in [0.15, 0.2) is 0 Å². The number of anilines is 1. The Morgan fingerprint density at radius 1 is 1.06 bits per heavy atom. The van der Waals surface area contributed by atoms with E-state index in [0.29, 0.717) is 30.4 Å². The molecule has 0 radical (unpaired) electrons. The van der Waals surface area contributed by atoms with Crippen LogP contribution in [0.1, 0.15) is 51.6 Å². The molecule has 160 valence electrons. The van der Waals surface area contributed by atoms with Gasteiger partial charge in [-0.05, 0) is 73.2 Å². The number of carbonyl (C=O) groups excluding carboxylic acids is 1. The SMILES string of the molecule is Cc1cc2cc(C(=O)N(Cc3ccncn3)Cc3ccc(C4CC4)cn3)ccc2nc1N. The number of hydrogen-bond donors (Lipinski definition) is 1. The molecule has 1 saturated carbocycles. The monoisotopic (exact) mass is 424 g/mol. The zero-order chi connectivity index (χ0) is 22.1. The normalized spacial score (nSPS) is 13.3. The lowest BCUT2D eigenvalue weighted by atomic mass is 10.1. The molecule has 32 heavy (non-hydrogen) atoms. The summed E-state index contributed by atoms with van der Waals surface area (Å²) in [4.78, 5) is 32.6. The summed E-state index contributed by atoms with van der Waals surface area (Å²) in [6.45, 7) is 2.67. The number of nitrogens with zero attached hydrogens (tertiary/aromatic N) is 5. The van der Waals surface area contributed by atoms with Gasteiger partial charge in [-0.3, -0.25) is 9.78 Å². The fourth-order valence-corrected chi connectivity index (χ4v) is 3.80. The first-order valence-corrected chi connectivity index (χ1v) is 10.7. The maximum atomic E-state index is 13.5. The zero-order valence-electron chi connectivity index (χ0n) is 17.9. The van der Waals surface area contributed by atoms with Crippen molar-refractivity contribution in [2.24, 2.45) is 0 Å². The highest BCUT2D eigenvalue weighted by atomic mass is 16.2. The van der Waals surface area contributed by atoms with Crippen LogP contribution in [0.3, 0.4) is 0 Å². The fraction of sp³-hybridized carbons (Fsp3) is 0.240. The molecule has 3 heterocycles. The van der Waals surface area contributed by atoms with E-state index in [0.717, 1.165) is 27.9 Å². The summed E-state index contributed by atoms with van der Waals surface area (Å²) in [5.41, 5.74) is 11.1. The Morgan fingerprint density at radius 2 is 1.88 bits per heavy atom. The first-order chi connectivity index (χ1) is 15.6. The number of pyridine rings is 2. The Morgan fingerprint density at radius 3 is 2.56 bits per heavy atom. The molecule has 0 spiro atoms. The lowest BCUT2D eigenvalue weighted by Gasteiger charge is -2.22. The molecule has 0 bridgehead atoms. The molecular formula is C25H24N6O. The zero-order valence-corrected chi connectivity index (χ0v) is 17.9. The number of aryl methyl sites for hydroxylation is 1. The molecule has 1 fully saturated rings. The molecule has 0 aliphatic heterocycles. The third kappa shape index (κ3) is 4.27. The fourth-order valence-electron chi connectivity index (χ4n) is 3.80. The average molecular weight is 425 g/mol. The van der Waals surface area contributed by atoms with E-state index in [1.165, 1.54) is 24.7 Å². The van der Waals surface area contributed by atoms with Gasteiger partial charge in [-0.25, -0.2) is 15.0 Å². The Bertz CT molecular complexity index is 1270. The second-order valence-electron chi connectivity index (χ2n) is 8.32. The molecule has 1 aromatic carbocycles. The second-order valence-corrected chi connectivity index (χ2v) is 8.32. The standard InChI is InChI=1S/C25H24N6O/c1-16-10-20-11-18(5-7-23(20)30-24(16)26)25(32)31(14-22-8-9-27-15-29-22)13-21-6-4-19(12-28-21)17-2-3-17/h4-12,15,17H,2-3,13-14H2,1H3,(H2,26,30). The smallest absolute Gasteiger partial charge is 0.254 e. The van der Waals surface area contributed by atoms with Crippen molar-refractivity contribution in [1.82, 2.24) is 24.8 Å². The Kier molecular flexibility index (Phi) is 5.23. The minimum atomic E-state index is -0.0898. The average Bonchev–Trinajstić information content (AvgIpc) is 3.65. The van der Waals surface area contributed by atoms with Crippen LogP contribution in [0.15, 0.2) is 61.2 Å². The molecule has 5 rings (SSSR count). The van der Waals surface area contributed by atoms with Crippen molar-refractivity contribution in [3.05, 3.63) is 89.3 Å². The molecule has 2 N–H and O–H groups in total. The van der Waals surface area contributed by atoms with Gasteiger partial charge < -0.3 is 10.6 Å². The number of aromatic nitrogens is 4. The third-order valence-electron chi connectivity index (χ3n) is 5.82. The number of carbonyl (C=O) groups is 1. The van der Waals surface area contributed by atoms with Gasteiger partial charge in [0.05, 0.1) is 30.0 Å². The predicted molar refractivity (Wildman–Crippen MR) is 123 cm³/mol. The molecule has 3 aromatic heterocycles. The van der Waals surface area contributed by atoms with Gasteiger partial charge in [0.25, 0.3) is 5.91 Å². The van der Waals surface area contributed by atoms with E-state index in [9.17, 15) is 4.79 Å². The lowest BCUT2D eigenvalue weighted by molar-refractivity contribution is 0.0725. The van der Waals surface area contributed by atoms with Crippen molar-refractivity contribution in [1.29, 1.82) is 0 Å². The summed E-state index contributed by atoms with van der Waals surface area (Å²) >= 11 is 0. The predicted octanol–water partition coefficient (Wildman–Crippen LogP) is 4.03. The highest BCUT2D eigenvalue weighted by molar-refractivity contribution is 5.98. The largest absolute Gasteiger partial charge is 0.383 e. The van der Waals surface area contributed by atoms with E-state index in [2.05, 4.69) is 26.0 Å². The number of nitrogens with two attached hydrogens (primary N) is 1. The number of hydrogen-bond acceptors (Lipinski definition) is 6. The topological polar surface area (TPSA) is 97.9 Å². The molecule has 0 atom stereocenters. The van der Waals surface area contributed by atoms with Gasteiger partial charge in [-0.2, -0.15) is 0 Å². The van der Waals surface area contributed by atoms with Crippen LogP contribution in [0.2, 0.25) is 0 Å². The number of benzene rings is 1. The van der Waals surface area contributed by atoms with Crippen LogP contribution < -0.4 is 5.73 Å². The van der Waals surface area contributed by atoms with E-state index in [1.807, 2.05) is 43.5 Å². The third-order valence-corrected chi connectivity index (χ3v) is 5.82. The van der Waals surface area contributed by atoms with Crippen molar-refractivity contribution in [2.45, 2.75) is 38.8 Å². The quantitative estimate of drug-likeness (QED) is 0.502. The Labute approximate surface area is 186 Å². The maximum absolute atomic E-state index is 13.5. The summed E-state index contributed by atoms with van der Waals surface area (Å²) in [5, 5.41) is 0.886. The highest BCUT2D eigenvalue weighted by Crippen LogP contribution is 2.39. The first kappa shape index (κ1) is 20.1. The minimum absolute atomic E-state index is 0.0898. The molecule has 4 aromatic rings. The van der Waals surface area contributed by atoms with Crippen LogP contribution in [0, 0.1) is 6.92 Å². The molecule has 7 nitrogen and oxygen atoms in total. The van der Waals surface area contributed by atoms with E-state index < -0.39 is 0 Å². The van der Waals surface area contributed by atoms with Crippen LogP contribution in [0.4, 0.5) is 5.82 Å². The first-order valence-electron chi connectivity index (χ1n) is 10.7. The summed E-state index contributed by atoms with van der Waals surface area (Å²) in [7, 11) is 0. The summed E-state index contributed by atoms with van der Waals surface area (Å²) in [5.74, 6) is 1.06. The summed E-state index contributed by atoms with van der Waals surface area (Å²) < 4.78 is 0. The number of amides is 1. The highest BCUT2D eigenvalue weighted by Gasteiger charge is 2.24. The molecule has 0 saturated heterocycles. The van der Waals surface area contributed by atoms with Crippen molar-refractivity contribution < 1.29 is 4.79 Å². The number of rotatable bonds is 6. The molecule has 7 heteroatoms. The molecular weight excluding hydrogens is 400 g/mol. The van der Waals surface area contributed by atoms with Gasteiger partial charge >= 0.3 is 0 Å². The van der Waals surface area contributed by atoms with Crippen molar-refractivity contribution in [2.75, 3.05) is 5.73 Å². The van der Waals surface area contributed by atoms with Crippen LogP contribution in [0.25, 0.3) is 10.9 Å². The lowest BCUT2D eigenvalue weighted by Crippen LogP contribution is -2.31. The Hall–Kier alpha value is -3.87. The minimum Gasteiger partial charge on any atom is -0.383 e. The van der Waals surface area contributed by atoms with Crippen molar-refractivity contribution >= 4 is 22.6 Å². The van der Waals surface area contributed by atoms with Gasteiger partial charge in [0, 0.05) is 23.3 Å². The molecule has 1 aliphatic rings.